The third-order valence-corrected chi connectivity index (χ3v) is 5.47. The van der Waals surface area contributed by atoms with Gasteiger partial charge in [-0.3, -0.25) is 9.78 Å². The maximum absolute atomic E-state index is 12.4. The number of benzene rings is 1. The second-order valence-electron chi connectivity index (χ2n) is 6.60. The molecule has 1 N–H and O–H groups in total. The molecule has 27 heavy (non-hydrogen) atoms. The Morgan fingerprint density at radius 3 is 2.59 bits per heavy atom. The number of ether oxygens (including phenoxy) is 1. The standard InChI is InChI=1S/C21H23N3O2S/c1-14(2)21-24-15(3)19(27-21)20(25)23-12-16-6-8-18(9-7-16)26-13-17-5-4-10-22-11-17/h4-11,14H,12-13H2,1-3H3,(H,23,25). The molecule has 140 valence electrons. The summed E-state index contributed by atoms with van der Waals surface area (Å²) in [5.74, 6) is 1.04. The lowest BCUT2D eigenvalue weighted by atomic mass is 10.2. The molecule has 0 atom stereocenters. The van der Waals surface area contributed by atoms with Crippen molar-refractivity contribution in [2.75, 3.05) is 0 Å². The molecule has 5 nitrogen and oxygen atoms in total. The molecule has 0 radical (unpaired) electrons. The van der Waals surface area contributed by atoms with Gasteiger partial charge in [0.25, 0.3) is 5.91 Å². The van der Waals surface area contributed by atoms with Crippen LogP contribution in [0.25, 0.3) is 0 Å². The number of nitrogens with zero attached hydrogens (tertiary/aromatic N) is 2. The van der Waals surface area contributed by atoms with E-state index in [1.165, 1.54) is 11.3 Å². The van der Waals surface area contributed by atoms with Gasteiger partial charge in [0, 0.05) is 30.4 Å². The average Bonchev–Trinajstić information content (AvgIpc) is 3.08. The summed E-state index contributed by atoms with van der Waals surface area (Å²) in [7, 11) is 0. The number of thiazole rings is 1. The van der Waals surface area contributed by atoms with Gasteiger partial charge >= 0.3 is 0 Å². The van der Waals surface area contributed by atoms with E-state index >= 15 is 0 Å². The first-order valence-corrected chi connectivity index (χ1v) is 9.70. The van der Waals surface area contributed by atoms with Gasteiger partial charge in [0.15, 0.2) is 0 Å². The average molecular weight is 382 g/mol. The zero-order valence-corrected chi connectivity index (χ0v) is 16.5. The first-order valence-electron chi connectivity index (χ1n) is 8.89. The number of hydrogen-bond donors (Lipinski definition) is 1. The molecular weight excluding hydrogens is 358 g/mol. The molecule has 3 aromatic rings. The zero-order valence-electron chi connectivity index (χ0n) is 15.7. The van der Waals surface area contributed by atoms with Crippen LogP contribution >= 0.6 is 11.3 Å². The Morgan fingerprint density at radius 2 is 1.96 bits per heavy atom. The monoisotopic (exact) mass is 381 g/mol. The van der Waals surface area contributed by atoms with E-state index in [4.69, 9.17) is 4.74 Å². The number of nitrogens with one attached hydrogen (secondary N) is 1. The molecule has 0 saturated carbocycles. The number of carbonyl (C=O) groups excluding carboxylic acids is 1. The van der Waals surface area contributed by atoms with Crippen molar-refractivity contribution in [1.82, 2.24) is 15.3 Å². The van der Waals surface area contributed by atoms with Crippen LogP contribution in [0.3, 0.4) is 0 Å². The predicted octanol–water partition coefficient (Wildman–Crippen LogP) is 4.48. The molecule has 6 heteroatoms. The third-order valence-electron chi connectivity index (χ3n) is 4.02. The molecule has 0 bridgehead atoms. The summed E-state index contributed by atoms with van der Waals surface area (Å²) in [5, 5.41) is 3.96. The summed E-state index contributed by atoms with van der Waals surface area (Å²) in [6.45, 7) is 6.99. The van der Waals surface area contributed by atoms with Crippen molar-refractivity contribution in [1.29, 1.82) is 0 Å². The van der Waals surface area contributed by atoms with Crippen LogP contribution in [0, 0.1) is 6.92 Å². The molecule has 1 amide bonds. The maximum Gasteiger partial charge on any atom is 0.263 e. The lowest BCUT2D eigenvalue weighted by molar-refractivity contribution is 0.0954. The zero-order chi connectivity index (χ0) is 19.2. The smallest absolute Gasteiger partial charge is 0.263 e. The van der Waals surface area contributed by atoms with Crippen LogP contribution in [0.4, 0.5) is 0 Å². The summed E-state index contributed by atoms with van der Waals surface area (Å²) >= 11 is 1.47. The topological polar surface area (TPSA) is 64.1 Å². The van der Waals surface area contributed by atoms with Gasteiger partial charge in [-0.15, -0.1) is 11.3 Å². The molecule has 0 aliphatic carbocycles. The molecule has 2 aromatic heterocycles. The summed E-state index contributed by atoms with van der Waals surface area (Å²) in [6.07, 6.45) is 3.53. The molecule has 0 spiro atoms. The number of carbonyl (C=O) groups is 1. The second kappa shape index (κ2) is 8.77. The molecule has 2 heterocycles. The van der Waals surface area contributed by atoms with Crippen molar-refractivity contribution >= 4 is 17.2 Å². The van der Waals surface area contributed by atoms with Crippen molar-refractivity contribution in [3.63, 3.8) is 0 Å². The lowest BCUT2D eigenvalue weighted by Gasteiger charge is -2.08. The maximum atomic E-state index is 12.4. The Kier molecular flexibility index (Phi) is 6.19. The minimum Gasteiger partial charge on any atom is -0.489 e. The SMILES string of the molecule is Cc1nc(C(C)C)sc1C(=O)NCc1ccc(OCc2cccnc2)cc1. The van der Waals surface area contributed by atoms with Gasteiger partial charge in [-0.1, -0.05) is 32.0 Å². The van der Waals surface area contributed by atoms with Gasteiger partial charge in [0.05, 0.1) is 10.7 Å². The van der Waals surface area contributed by atoms with Crippen LogP contribution in [0.2, 0.25) is 0 Å². The van der Waals surface area contributed by atoms with Gasteiger partial charge in [0.2, 0.25) is 0 Å². The number of aromatic nitrogens is 2. The molecule has 0 unspecified atom stereocenters. The number of hydrogen-bond acceptors (Lipinski definition) is 5. The van der Waals surface area contributed by atoms with Gasteiger partial charge in [-0.25, -0.2) is 4.98 Å². The second-order valence-corrected chi connectivity index (χ2v) is 7.63. The van der Waals surface area contributed by atoms with E-state index in [0.717, 1.165) is 27.6 Å². The van der Waals surface area contributed by atoms with Crippen LogP contribution in [0.1, 0.15) is 51.3 Å². The number of amides is 1. The minimum atomic E-state index is -0.0752. The molecule has 3 rings (SSSR count). The molecule has 0 aliphatic rings. The van der Waals surface area contributed by atoms with Crippen LogP contribution in [0.15, 0.2) is 48.8 Å². The quantitative estimate of drug-likeness (QED) is 0.655. The first kappa shape index (κ1) is 19.0. The highest BCUT2D eigenvalue weighted by atomic mass is 32.1. The Bertz CT molecular complexity index is 890. The molecule has 0 saturated heterocycles. The van der Waals surface area contributed by atoms with E-state index in [2.05, 4.69) is 29.1 Å². The van der Waals surface area contributed by atoms with Crippen LogP contribution in [-0.4, -0.2) is 15.9 Å². The molecule has 1 aromatic carbocycles. The highest BCUT2D eigenvalue weighted by Crippen LogP contribution is 2.24. The summed E-state index contributed by atoms with van der Waals surface area (Å²) in [4.78, 5) is 21.7. The van der Waals surface area contributed by atoms with E-state index in [1.54, 1.807) is 12.4 Å². The van der Waals surface area contributed by atoms with Gasteiger partial charge < -0.3 is 10.1 Å². The molecule has 0 fully saturated rings. The highest BCUT2D eigenvalue weighted by Gasteiger charge is 2.16. The fourth-order valence-corrected chi connectivity index (χ4v) is 3.48. The Hall–Kier alpha value is -2.73. The van der Waals surface area contributed by atoms with Crippen molar-refractivity contribution in [3.8, 4) is 5.75 Å². The van der Waals surface area contributed by atoms with Crippen LogP contribution in [-0.2, 0) is 13.2 Å². The highest BCUT2D eigenvalue weighted by molar-refractivity contribution is 7.13. The Labute approximate surface area is 163 Å². The Morgan fingerprint density at radius 1 is 1.19 bits per heavy atom. The van der Waals surface area contributed by atoms with E-state index in [9.17, 15) is 4.79 Å². The summed E-state index contributed by atoms with van der Waals surface area (Å²) < 4.78 is 5.75. The van der Waals surface area contributed by atoms with Gasteiger partial charge in [0.1, 0.15) is 17.2 Å². The molecule has 0 aliphatic heterocycles. The number of pyridine rings is 1. The lowest BCUT2D eigenvalue weighted by Crippen LogP contribution is -2.22. The Balaban J connectivity index is 1.53. The van der Waals surface area contributed by atoms with Crippen molar-refractivity contribution in [2.45, 2.75) is 39.8 Å². The predicted molar refractivity (Wildman–Crippen MR) is 107 cm³/mol. The largest absolute Gasteiger partial charge is 0.489 e. The number of aryl methyl sites for hydroxylation is 1. The summed E-state index contributed by atoms with van der Waals surface area (Å²) in [5.41, 5.74) is 2.83. The third kappa shape index (κ3) is 5.14. The minimum absolute atomic E-state index is 0.0752. The molecular formula is C21H23N3O2S. The van der Waals surface area contributed by atoms with Gasteiger partial charge in [-0.2, -0.15) is 0 Å². The van der Waals surface area contributed by atoms with E-state index in [-0.39, 0.29) is 5.91 Å². The van der Waals surface area contributed by atoms with Gasteiger partial charge in [-0.05, 0) is 30.7 Å². The van der Waals surface area contributed by atoms with E-state index < -0.39 is 0 Å². The number of rotatable bonds is 7. The first-order chi connectivity index (χ1) is 13.0. The van der Waals surface area contributed by atoms with Crippen molar-refractivity contribution in [3.05, 3.63) is 75.5 Å². The van der Waals surface area contributed by atoms with E-state index in [1.807, 2.05) is 43.3 Å². The normalized spacial score (nSPS) is 10.8. The summed E-state index contributed by atoms with van der Waals surface area (Å²) in [6, 6.07) is 11.6. The van der Waals surface area contributed by atoms with Crippen molar-refractivity contribution < 1.29 is 9.53 Å². The fourth-order valence-electron chi connectivity index (χ4n) is 2.49. The van der Waals surface area contributed by atoms with E-state index in [0.29, 0.717) is 23.9 Å². The van der Waals surface area contributed by atoms with Crippen molar-refractivity contribution in [2.24, 2.45) is 0 Å². The van der Waals surface area contributed by atoms with Crippen LogP contribution in [0.5, 0.6) is 5.75 Å². The fraction of sp³-hybridized carbons (Fsp3) is 0.286. The van der Waals surface area contributed by atoms with Crippen LogP contribution < -0.4 is 10.1 Å².